The number of halogens is 1. The molecule has 0 saturated carbocycles. The molecule has 0 saturated heterocycles. The van der Waals surface area contributed by atoms with Crippen LogP contribution in [-0.4, -0.2) is 18.1 Å². The van der Waals surface area contributed by atoms with Crippen LogP contribution in [0.2, 0.25) is 5.02 Å². The van der Waals surface area contributed by atoms with Gasteiger partial charge in [-0.2, -0.15) is 0 Å². The quantitative estimate of drug-likeness (QED) is 0.630. The van der Waals surface area contributed by atoms with E-state index in [1.807, 2.05) is 6.07 Å². The van der Waals surface area contributed by atoms with Crippen LogP contribution in [0.5, 0.6) is 5.75 Å². The third-order valence-electron chi connectivity index (χ3n) is 2.98. The molecule has 0 aliphatic rings. The number of nitro benzene ring substituents is 1. The molecule has 0 aromatic heterocycles. The van der Waals surface area contributed by atoms with Crippen LogP contribution in [0.25, 0.3) is 6.08 Å². The second kappa shape index (κ2) is 7.98. The Morgan fingerprint density at radius 1 is 1.29 bits per heavy atom. The Morgan fingerprint density at radius 2 is 2.08 bits per heavy atom. The van der Waals surface area contributed by atoms with Gasteiger partial charge in [-0.3, -0.25) is 10.1 Å². The Labute approximate surface area is 143 Å². The number of hydrogen-bond donors (Lipinski definition) is 2. The van der Waals surface area contributed by atoms with Crippen molar-refractivity contribution in [3.63, 3.8) is 0 Å². The average molecular weight is 348 g/mol. The van der Waals surface area contributed by atoms with Gasteiger partial charge in [0.25, 0.3) is 5.69 Å². The van der Waals surface area contributed by atoms with E-state index in [4.69, 9.17) is 16.3 Å². The topological polar surface area (TPSA) is 93.5 Å². The number of carbonyl (C=O) groups is 1. The molecule has 0 bridgehead atoms. The molecule has 0 spiro atoms. The zero-order valence-corrected chi connectivity index (χ0v) is 13.4. The molecule has 7 nitrogen and oxygen atoms in total. The van der Waals surface area contributed by atoms with Crippen LogP contribution >= 0.6 is 11.6 Å². The molecule has 8 heteroatoms. The predicted octanol–water partition coefficient (Wildman–Crippen LogP) is 4.05. The zero-order valence-electron chi connectivity index (χ0n) is 12.7. The van der Waals surface area contributed by atoms with Gasteiger partial charge in [0.05, 0.1) is 17.7 Å². The second-order valence-corrected chi connectivity index (χ2v) is 5.06. The van der Waals surface area contributed by atoms with Gasteiger partial charge < -0.3 is 15.4 Å². The van der Waals surface area contributed by atoms with Gasteiger partial charge in [0.15, 0.2) is 0 Å². The standard InChI is InChI=1S/C16H14ClN3O4/c1-24-15-6-5-13(20(22)23)10-14(15)19-16(21)18-8-7-11-3-2-4-12(17)9-11/h2-10H,1H3,(H2,18,19,21)/b8-7+. The first-order valence-corrected chi connectivity index (χ1v) is 7.19. The molecule has 2 aromatic rings. The molecule has 0 fully saturated rings. The summed E-state index contributed by atoms with van der Waals surface area (Å²) in [4.78, 5) is 22.1. The summed E-state index contributed by atoms with van der Waals surface area (Å²) in [6, 6.07) is 10.5. The van der Waals surface area contributed by atoms with Crippen LogP contribution in [0.1, 0.15) is 5.56 Å². The van der Waals surface area contributed by atoms with E-state index >= 15 is 0 Å². The van der Waals surface area contributed by atoms with Crippen molar-refractivity contribution in [2.45, 2.75) is 0 Å². The average Bonchev–Trinajstić information content (AvgIpc) is 2.54. The number of anilines is 1. The first-order chi connectivity index (χ1) is 11.5. The molecular weight excluding hydrogens is 334 g/mol. The molecule has 24 heavy (non-hydrogen) atoms. The number of ether oxygens (including phenoxy) is 1. The largest absolute Gasteiger partial charge is 0.495 e. The highest BCUT2D eigenvalue weighted by Gasteiger charge is 2.13. The first kappa shape index (κ1) is 17.3. The molecule has 2 rings (SSSR count). The molecule has 0 heterocycles. The number of non-ortho nitro benzene ring substituents is 1. The van der Waals surface area contributed by atoms with Gasteiger partial charge in [-0.25, -0.2) is 4.79 Å². The summed E-state index contributed by atoms with van der Waals surface area (Å²) in [6.45, 7) is 0. The van der Waals surface area contributed by atoms with Crippen molar-refractivity contribution in [1.82, 2.24) is 5.32 Å². The Hall–Kier alpha value is -3.06. The normalized spacial score (nSPS) is 10.4. The predicted molar refractivity (Wildman–Crippen MR) is 92.3 cm³/mol. The van der Waals surface area contributed by atoms with Crippen molar-refractivity contribution >= 4 is 35.1 Å². The third-order valence-corrected chi connectivity index (χ3v) is 3.22. The molecular formula is C16H14ClN3O4. The highest BCUT2D eigenvalue weighted by Crippen LogP contribution is 2.28. The van der Waals surface area contributed by atoms with Crippen molar-refractivity contribution in [2.75, 3.05) is 12.4 Å². The lowest BCUT2D eigenvalue weighted by Crippen LogP contribution is -2.24. The summed E-state index contributed by atoms with van der Waals surface area (Å²) in [5.41, 5.74) is 0.858. The highest BCUT2D eigenvalue weighted by atomic mass is 35.5. The molecule has 2 N–H and O–H groups in total. The lowest BCUT2D eigenvalue weighted by atomic mass is 10.2. The first-order valence-electron chi connectivity index (χ1n) is 6.81. The number of rotatable bonds is 5. The van der Waals surface area contributed by atoms with E-state index in [-0.39, 0.29) is 11.4 Å². The van der Waals surface area contributed by atoms with E-state index in [1.165, 1.54) is 31.5 Å². The van der Waals surface area contributed by atoms with Gasteiger partial charge in [-0.05, 0) is 29.8 Å². The molecule has 0 radical (unpaired) electrons. The summed E-state index contributed by atoms with van der Waals surface area (Å²) < 4.78 is 5.07. The Kier molecular flexibility index (Phi) is 5.75. The summed E-state index contributed by atoms with van der Waals surface area (Å²) in [6.07, 6.45) is 3.10. The molecule has 0 atom stereocenters. The fourth-order valence-electron chi connectivity index (χ4n) is 1.89. The summed E-state index contributed by atoms with van der Waals surface area (Å²) >= 11 is 5.86. The minimum absolute atomic E-state index is 0.152. The van der Waals surface area contributed by atoms with Crippen LogP contribution in [0.15, 0.2) is 48.7 Å². The maximum absolute atomic E-state index is 11.9. The molecule has 2 amide bonds. The molecule has 0 aliphatic heterocycles. The summed E-state index contributed by atoms with van der Waals surface area (Å²) in [5, 5.41) is 16.4. The van der Waals surface area contributed by atoms with Gasteiger partial charge in [0, 0.05) is 23.4 Å². The number of urea groups is 1. The Morgan fingerprint density at radius 3 is 2.75 bits per heavy atom. The van der Waals surface area contributed by atoms with Crippen molar-refractivity contribution in [3.8, 4) is 5.75 Å². The smallest absolute Gasteiger partial charge is 0.323 e. The lowest BCUT2D eigenvalue weighted by Gasteiger charge is -2.09. The second-order valence-electron chi connectivity index (χ2n) is 4.63. The van der Waals surface area contributed by atoms with Crippen LogP contribution in [0, 0.1) is 10.1 Å². The maximum atomic E-state index is 11.9. The number of nitrogens with one attached hydrogen (secondary N) is 2. The monoisotopic (exact) mass is 347 g/mol. The van der Waals surface area contributed by atoms with Crippen molar-refractivity contribution < 1.29 is 14.5 Å². The minimum Gasteiger partial charge on any atom is -0.495 e. The number of nitrogens with zero attached hydrogens (tertiary/aromatic N) is 1. The molecule has 0 aliphatic carbocycles. The van der Waals surface area contributed by atoms with Gasteiger partial charge in [0.2, 0.25) is 0 Å². The van der Waals surface area contributed by atoms with E-state index in [0.29, 0.717) is 10.8 Å². The van der Waals surface area contributed by atoms with E-state index in [9.17, 15) is 14.9 Å². The maximum Gasteiger partial charge on any atom is 0.323 e. The minimum atomic E-state index is -0.563. The number of hydrogen-bond acceptors (Lipinski definition) is 4. The van der Waals surface area contributed by atoms with Gasteiger partial charge >= 0.3 is 6.03 Å². The van der Waals surface area contributed by atoms with Gasteiger partial charge in [-0.1, -0.05) is 23.7 Å². The lowest BCUT2D eigenvalue weighted by molar-refractivity contribution is -0.384. The summed E-state index contributed by atoms with van der Waals surface area (Å²) in [5.74, 6) is 0.314. The van der Waals surface area contributed by atoms with Crippen LogP contribution in [0.3, 0.4) is 0 Å². The van der Waals surface area contributed by atoms with Gasteiger partial charge in [-0.15, -0.1) is 0 Å². The summed E-state index contributed by atoms with van der Waals surface area (Å²) in [7, 11) is 1.41. The number of carbonyl (C=O) groups excluding carboxylic acids is 1. The molecule has 124 valence electrons. The zero-order chi connectivity index (χ0) is 17.5. The van der Waals surface area contributed by atoms with E-state index in [0.717, 1.165) is 5.56 Å². The van der Waals surface area contributed by atoms with E-state index < -0.39 is 11.0 Å². The number of amides is 2. The van der Waals surface area contributed by atoms with Crippen molar-refractivity contribution in [2.24, 2.45) is 0 Å². The van der Waals surface area contributed by atoms with Crippen LogP contribution in [0.4, 0.5) is 16.2 Å². The van der Waals surface area contributed by atoms with E-state index in [2.05, 4.69) is 10.6 Å². The number of nitro groups is 1. The highest BCUT2D eigenvalue weighted by molar-refractivity contribution is 6.30. The number of benzene rings is 2. The molecule has 0 unspecified atom stereocenters. The van der Waals surface area contributed by atoms with Crippen molar-refractivity contribution in [1.29, 1.82) is 0 Å². The van der Waals surface area contributed by atoms with Crippen LogP contribution in [-0.2, 0) is 0 Å². The Bertz CT molecular complexity index is 793. The van der Waals surface area contributed by atoms with Crippen molar-refractivity contribution in [3.05, 3.63) is 69.4 Å². The Balaban J connectivity index is 2.04. The third kappa shape index (κ3) is 4.72. The van der Waals surface area contributed by atoms with Crippen LogP contribution < -0.4 is 15.4 Å². The molecule has 2 aromatic carbocycles. The SMILES string of the molecule is COc1ccc([N+](=O)[O-])cc1NC(=O)N/C=C/c1cccc(Cl)c1. The number of methoxy groups -OCH3 is 1. The van der Waals surface area contributed by atoms with Gasteiger partial charge in [0.1, 0.15) is 5.75 Å². The fraction of sp³-hybridized carbons (Fsp3) is 0.0625. The van der Waals surface area contributed by atoms with E-state index in [1.54, 1.807) is 24.3 Å². The fourth-order valence-corrected chi connectivity index (χ4v) is 2.09.